The first-order valence-electron chi connectivity index (χ1n) is 6.55. The molecule has 2 aromatic carbocycles. The molecule has 0 aliphatic carbocycles. The maximum absolute atomic E-state index is 6.21. The van der Waals surface area contributed by atoms with E-state index >= 15 is 0 Å². The molecular weight excluding hydrogens is 290 g/mol. The molecule has 0 aromatic heterocycles. The van der Waals surface area contributed by atoms with Crippen molar-refractivity contribution < 1.29 is 4.74 Å². The summed E-state index contributed by atoms with van der Waals surface area (Å²) in [6, 6.07) is 15.8. The van der Waals surface area contributed by atoms with Crippen molar-refractivity contribution >= 4 is 23.4 Å². The standard InChI is InChI=1S/C16H18ClNOS/c1-2-19-14-8-6-12(7-9-14)16(18)11-20-15-5-3-4-13(17)10-15/h3-10,16H,2,11,18H2,1H3. The van der Waals surface area contributed by atoms with Crippen LogP contribution in [0.5, 0.6) is 5.75 Å². The van der Waals surface area contributed by atoms with Gasteiger partial charge in [0.25, 0.3) is 0 Å². The molecule has 1 unspecified atom stereocenters. The Morgan fingerprint density at radius 1 is 1.20 bits per heavy atom. The minimum absolute atomic E-state index is 0.00495. The van der Waals surface area contributed by atoms with E-state index in [1.165, 1.54) is 0 Å². The fourth-order valence-electron chi connectivity index (χ4n) is 1.82. The third-order valence-electron chi connectivity index (χ3n) is 2.84. The summed E-state index contributed by atoms with van der Waals surface area (Å²) in [5.41, 5.74) is 7.32. The molecule has 1 atom stereocenters. The van der Waals surface area contributed by atoms with Gasteiger partial charge in [-0.15, -0.1) is 11.8 Å². The first-order valence-corrected chi connectivity index (χ1v) is 7.92. The number of rotatable bonds is 6. The molecule has 2 aromatic rings. The number of benzene rings is 2. The van der Waals surface area contributed by atoms with Crippen LogP contribution in [0, 0.1) is 0 Å². The monoisotopic (exact) mass is 307 g/mol. The molecule has 0 spiro atoms. The number of halogens is 1. The number of ether oxygens (including phenoxy) is 1. The van der Waals surface area contributed by atoms with Crippen LogP contribution in [0.15, 0.2) is 53.4 Å². The summed E-state index contributed by atoms with van der Waals surface area (Å²) in [4.78, 5) is 1.14. The van der Waals surface area contributed by atoms with Gasteiger partial charge >= 0.3 is 0 Å². The summed E-state index contributed by atoms with van der Waals surface area (Å²) in [6.07, 6.45) is 0. The first kappa shape index (κ1) is 15.2. The van der Waals surface area contributed by atoms with E-state index in [1.807, 2.05) is 55.5 Å². The van der Waals surface area contributed by atoms with Crippen molar-refractivity contribution in [3.05, 3.63) is 59.1 Å². The number of thioether (sulfide) groups is 1. The summed E-state index contributed by atoms with van der Waals surface area (Å²) in [5.74, 6) is 1.69. The van der Waals surface area contributed by atoms with Gasteiger partial charge in [0.15, 0.2) is 0 Å². The fraction of sp³-hybridized carbons (Fsp3) is 0.250. The Morgan fingerprint density at radius 3 is 2.60 bits per heavy atom. The molecular formula is C16H18ClNOS. The average Bonchev–Trinajstić information content (AvgIpc) is 2.46. The Labute approximate surface area is 129 Å². The highest BCUT2D eigenvalue weighted by molar-refractivity contribution is 7.99. The van der Waals surface area contributed by atoms with Crippen molar-refractivity contribution in [1.29, 1.82) is 0 Å². The maximum atomic E-state index is 6.21. The van der Waals surface area contributed by atoms with Gasteiger partial charge in [-0.1, -0.05) is 29.8 Å². The molecule has 4 heteroatoms. The van der Waals surface area contributed by atoms with Crippen molar-refractivity contribution in [2.24, 2.45) is 5.73 Å². The largest absolute Gasteiger partial charge is 0.494 e. The molecule has 2 nitrogen and oxygen atoms in total. The molecule has 0 fully saturated rings. The Kier molecular flexibility index (Phi) is 5.77. The van der Waals surface area contributed by atoms with E-state index in [9.17, 15) is 0 Å². The lowest BCUT2D eigenvalue weighted by Gasteiger charge is -2.12. The third-order valence-corrected chi connectivity index (χ3v) is 4.19. The van der Waals surface area contributed by atoms with Crippen molar-refractivity contribution in [3.63, 3.8) is 0 Å². The fourth-order valence-corrected chi connectivity index (χ4v) is 3.02. The Balaban J connectivity index is 1.92. The summed E-state index contributed by atoms with van der Waals surface area (Å²) in [7, 11) is 0. The van der Waals surface area contributed by atoms with Crippen molar-refractivity contribution in [3.8, 4) is 5.75 Å². The van der Waals surface area contributed by atoms with E-state index in [0.717, 1.165) is 27.0 Å². The second kappa shape index (κ2) is 7.58. The highest BCUT2D eigenvalue weighted by Gasteiger charge is 2.07. The van der Waals surface area contributed by atoms with E-state index in [4.69, 9.17) is 22.1 Å². The van der Waals surface area contributed by atoms with Gasteiger partial charge in [-0.2, -0.15) is 0 Å². The summed E-state index contributed by atoms with van der Waals surface area (Å²) in [5, 5.41) is 0.754. The predicted molar refractivity (Wildman–Crippen MR) is 86.7 cm³/mol. The van der Waals surface area contributed by atoms with Crippen LogP contribution in [-0.2, 0) is 0 Å². The molecule has 0 saturated heterocycles. The van der Waals surface area contributed by atoms with E-state index in [0.29, 0.717) is 6.61 Å². The first-order chi connectivity index (χ1) is 9.69. The predicted octanol–water partition coefficient (Wildman–Crippen LogP) is 4.53. The Morgan fingerprint density at radius 2 is 1.95 bits per heavy atom. The molecule has 0 heterocycles. The van der Waals surface area contributed by atoms with Crippen LogP contribution in [-0.4, -0.2) is 12.4 Å². The van der Waals surface area contributed by atoms with Crippen molar-refractivity contribution in [1.82, 2.24) is 0 Å². The molecule has 20 heavy (non-hydrogen) atoms. The summed E-state index contributed by atoms with van der Waals surface area (Å²) < 4.78 is 5.42. The highest BCUT2D eigenvalue weighted by atomic mass is 35.5. The topological polar surface area (TPSA) is 35.2 Å². The smallest absolute Gasteiger partial charge is 0.119 e. The van der Waals surface area contributed by atoms with Crippen LogP contribution in [0.25, 0.3) is 0 Å². The van der Waals surface area contributed by atoms with Crippen LogP contribution < -0.4 is 10.5 Å². The van der Waals surface area contributed by atoms with Crippen LogP contribution in [0.1, 0.15) is 18.5 Å². The molecule has 0 saturated carbocycles. The van der Waals surface area contributed by atoms with Gasteiger partial charge in [-0.05, 0) is 42.8 Å². The zero-order chi connectivity index (χ0) is 14.4. The van der Waals surface area contributed by atoms with E-state index in [1.54, 1.807) is 11.8 Å². The lowest BCUT2D eigenvalue weighted by atomic mass is 10.1. The van der Waals surface area contributed by atoms with Gasteiger partial charge in [0.2, 0.25) is 0 Å². The van der Waals surface area contributed by atoms with Gasteiger partial charge < -0.3 is 10.5 Å². The quantitative estimate of drug-likeness (QED) is 0.796. The van der Waals surface area contributed by atoms with Crippen molar-refractivity contribution in [2.75, 3.05) is 12.4 Å². The molecule has 0 bridgehead atoms. The molecule has 2 N–H and O–H groups in total. The Bertz CT molecular complexity index is 544. The van der Waals surface area contributed by atoms with Gasteiger partial charge in [0.1, 0.15) is 5.75 Å². The Hall–Kier alpha value is -1.16. The van der Waals surface area contributed by atoms with Crippen LogP contribution >= 0.6 is 23.4 Å². The van der Waals surface area contributed by atoms with Gasteiger partial charge in [0, 0.05) is 21.7 Å². The third kappa shape index (κ3) is 4.44. The average molecular weight is 308 g/mol. The lowest BCUT2D eigenvalue weighted by Crippen LogP contribution is -2.12. The molecule has 0 amide bonds. The molecule has 2 rings (SSSR count). The minimum atomic E-state index is -0.00495. The van der Waals surface area contributed by atoms with Gasteiger partial charge in [0.05, 0.1) is 6.61 Å². The van der Waals surface area contributed by atoms with Gasteiger partial charge in [-0.3, -0.25) is 0 Å². The normalized spacial score (nSPS) is 12.2. The maximum Gasteiger partial charge on any atom is 0.119 e. The molecule has 0 aliphatic rings. The zero-order valence-corrected chi connectivity index (χ0v) is 13.0. The van der Waals surface area contributed by atoms with Crippen LogP contribution in [0.2, 0.25) is 5.02 Å². The van der Waals surface area contributed by atoms with Gasteiger partial charge in [-0.25, -0.2) is 0 Å². The van der Waals surface area contributed by atoms with E-state index < -0.39 is 0 Å². The minimum Gasteiger partial charge on any atom is -0.494 e. The number of hydrogen-bond acceptors (Lipinski definition) is 3. The SMILES string of the molecule is CCOc1ccc(C(N)CSc2cccc(Cl)c2)cc1. The number of nitrogens with two attached hydrogens (primary N) is 1. The number of hydrogen-bond donors (Lipinski definition) is 1. The molecule has 0 aliphatic heterocycles. The zero-order valence-electron chi connectivity index (χ0n) is 11.4. The molecule has 0 radical (unpaired) electrons. The lowest BCUT2D eigenvalue weighted by molar-refractivity contribution is 0.340. The summed E-state index contributed by atoms with van der Waals surface area (Å²) in [6.45, 7) is 2.65. The van der Waals surface area contributed by atoms with E-state index in [2.05, 4.69) is 0 Å². The second-order valence-corrected chi connectivity index (χ2v) is 5.91. The van der Waals surface area contributed by atoms with E-state index in [-0.39, 0.29) is 6.04 Å². The summed E-state index contributed by atoms with van der Waals surface area (Å²) >= 11 is 7.68. The second-order valence-electron chi connectivity index (χ2n) is 4.38. The highest BCUT2D eigenvalue weighted by Crippen LogP contribution is 2.26. The van der Waals surface area contributed by atoms with Crippen molar-refractivity contribution in [2.45, 2.75) is 17.9 Å². The molecule has 106 valence electrons. The van der Waals surface area contributed by atoms with Crippen LogP contribution in [0.4, 0.5) is 0 Å². The van der Waals surface area contributed by atoms with Crippen LogP contribution in [0.3, 0.4) is 0 Å².